The maximum absolute atomic E-state index is 12.0. The Kier molecular flexibility index (Phi) is 2.78. The molecule has 1 aromatic rings. The van der Waals surface area contributed by atoms with E-state index in [1.807, 2.05) is 5.38 Å². The third kappa shape index (κ3) is 1.99. The van der Waals surface area contributed by atoms with Crippen molar-refractivity contribution < 1.29 is 9.59 Å². The predicted octanol–water partition coefficient (Wildman–Crippen LogP) is 0.384. The molecule has 18 heavy (non-hydrogen) atoms. The third-order valence-corrected chi connectivity index (χ3v) is 3.85. The van der Waals surface area contributed by atoms with Gasteiger partial charge in [-0.3, -0.25) is 5.32 Å². The molecule has 0 unspecified atom stereocenters. The quantitative estimate of drug-likeness (QED) is 0.772. The second kappa shape index (κ2) is 4.45. The number of piperazine rings is 1. The van der Waals surface area contributed by atoms with Gasteiger partial charge in [0.1, 0.15) is 0 Å². The molecule has 3 heterocycles. The summed E-state index contributed by atoms with van der Waals surface area (Å²) in [6.45, 7) is 2.32. The lowest BCUT2D eigenvalue weighted by Crippen LogP contribution is -2.54. The summed E-state index contributed by atoms with van der Waals surface area (Å²) in [6.07, 6.45) is 1.65. The summed E-state index contributed by atoms with van der Waals surface area (Å²) in [6, 6.07) is -0.0859. The molecule has 2 aliphatic heterocycles. The highest BCUT2D eigenvalue weighted by Crippen LogP contribution is 2.16. The van der Waals surface area contributed by atoms with Gasteiger partial charge in [0.05, 0.1) is 6.04 Å². The number of carbonyl (C=O) groups is 2. The first-order valence-corrected chi connectivity index (χ1v) is 6.62. The van der Waals surface area contributed by atoms with E-state index >= 15 is 0 Å². The maximum atomic E-state index is 12.0. The van der Waals surface area contributed by atoms with Crippen LogP contribution >= 0.6 is 11.3 Å². The number of urea groups is 2. The summed E-state index contributed by atoms with van der Waals surface area (Å²) in [5.41, 5.74) is 0. The monoisotopic (exact) mass is 267 g/mol. The van der Waals surface area contributed by atoms with Crippen LogP contribution in [0.4, 0.5) is 14.7 Å². The molecular weight excluding hydrogens is 254 g/mol. The van der Waals surface area contributed by atoms with E-state index in [0.717, 1.165) is 0 Å². The lowest BCUT2D eigenvalue weighted by Gasteiger charge is -2.36. The Bertz CT molecular complexity index is 463. The Morgan fingerprint density at radius 2 is 2.44 bits per heavy atom. The van der Waals surface area contributed by atoms with E-state index in [1.54, 1.807) is 16.0 Å². The van der Waals surface area contributed by atoms with Crippen molar-refractivity contribution in [3.05, 3.63) is 11.6 Å². The van der Waals surface area contributed by atoms with Gasteiger partial charge in [-0.05, 0) is 0 Å². The van der Waals surface area contributed by atoms with Gasteiger partial charge in [0.15, 0.2) is 5.13 Å². The third-order valence-electron chi connectivity index (χ3n) is 3.17. The lowest BCUT2D eigenvalue weighted by atomic mass is 10.2. The fourth-order valence-electron chi connectivity index (χ4n) is 2.24. The standard InChI is InChI=1S/C10H13N5O2S/c16-9-12-5-7-6-14(2-3-15(7)9)10(17)13-8-11-1-4-18-8/h1,4,7H,2-3,5-6H2,(H,12,16)(H,11,13,17)/t7-/m0/s1. The van der Waals surface area contributed by atoms with Crippen molar-refractivity contribution in [2.75, 3.05) is 31.5 Å². The molecule has 2 saturated heterocycles. The van der Waals surface area contributed by atoms with Crippen molar-refractivity contribution in [2.45, 2.75) is 6.04 Å². The van der Waals surface area contributed by atoms with Crippen molar-refractivity contribution in [1.29, 1.82) is 0 Å². The number of thiazole rings is 1. The highest BCUT2D eigenvalue weighted by molar-refractivity contribution is 7.13. The molecule has 8 heteroatoms. The molecule has 0 aromatic carbocycles. The van der Waals surface area contributed by atoms with Crippen LogP contribution in [0.3, 0.4) is 0 Å². The zero-order chi connectivity index (χ0) is 12.5. The molecule has 1 aromatic heterocycles. The average Bonchev–Trinajstić information content (AvgIpc) is 2.99. The molecule has 0 bridgehead atoms. The molecule has 0 spiro atoms. The maximum Gasteiger partial charge on any atom is 0.323 e. The van der Waals surface area contributed by atoms with Crippen LogP contribution in [-0.2, 0) is 0 Å². The van der Waals surface area contributed by atoms with Crippen molar-refractivity contribution in [3.63, 3.8) is 0 Å². The van der Waals surface area contributed by atoms with Crippen molar-refractivity contribution >= 4 is 28.5 Å². The number of amides is 4. The molecule has 0 aliphatic carbocycles. The van der Waals surface area contributed by atoms with E-state index in [1.165, 1.54) is 11.3 Å². The van der Waals surface area contributed by atoms with E-state index in [-0.39, 0.29) is 18.1 Å². The van der Waals surface area contributed by atoms with Gasteiger partial charge in [0, 0.05) is 37.8 Å². The second-order valence-corrected chi connectivity index (χ2v) is 5.14. The van der Waals surface area contributed by atoms with Crippen LogP contribution < -0.4 is 10.6 Å². The van der Waals surface area contributed by atoms with Gasteiger partial charge in [-0.2, -0.15) is 0 Å². The number of hydrogen-bond acceptors (Lipinski definition) is 4. The molecule has 2 N–H and O–H groups in total. The van der Waals surface area contributed by atoms with Gasteiger partial charge >= 0.3 is 12.1 Å². The second-order valence-electron chi connectivity index (χ2n) is 4.25. The summed E-state index contributed by atoms with van der Waals surface area (Å²) in [5.74, 6) is 0. The molecule has 2 aliphatic rings. The Hall–Kier alpha value is -1.83. The molecule has 7 nitrogen and oxygen atoms in total. The van der Waals surface area contributed by atoms with Crippen molar-refractivity contribution in [1.82, 2.24) is 20.1 Å². The van der Waals surface area contributed by atoms with E-state index in [2.05, 4.69) is 15.6 Å². The number of aromatic nitrogens is 1. The topological polar surface area (TPSA) is 77.6 Å². The van der Waals surface area contributed by atoms with Crippen LogP contribution in [0.25, 0.3) is 0 Å². The minimum absolute atomic E-state index is 0.0278. The SMILES string of the molecule is O=C(Nc1nccs1)N1CCN2C(=O)NC[C@H]2C1. The van der Waals surface area contributed by atoms with Crippen LogP contribution in [-0.4, -0.2) is 59.1 Å². The first-order valence-electron chi connectivity index (χ1n) is 5.74. The van der Waals surface area contributed by atoms with Gasteiger partial charge in [-0.1, -0.05) is 0 Å². The summed E-state index contributed by atoms with van der Waals surface area (Å²) >= 11 is 1.39. The number of nitrogens with zero attached hydrogens (tertiary/aromatic N) is 3. The summed E-state index contributed by atoms with van der Waals surface area (Å²) < 4.78 is 0. The zero-order valence-corrected chi connectivity index (χ0v) is 10.4. The lowest BCUT2D eigenvalue weighted by molar-refractivity contribution is 0.136. The zero-order valence-electron chi connectivity index (χ0n) is 9.63. The number of carbonyl (C=O) groups excluding carboxylic acids is 2. The molecule has 3 rings (SSSR count). The first-order chi connectivity index (χ1) is 8.74. The van der Waals surface area contributed by atoms with Crippen molar-refractivity contribution in [3.8, 4) is 0 Å². The molecular formula is C10H13N5O2S. The predicted molar refractivity (Wildman–Crippen MR) is 66.6 cm³/mol. The van der Waals surface area contributed by atoms with Gasteiger partial charge in [-0.25, -0.2) is 14.6 Å². The first kappa shape index (κ1) is 11.3. The largest absolute Gasteiger partial charge is 0.336 e. The summed E-state index contributed by atoms with van der Waals surface area (Å²) in [4.78, 5) is 30.9. The fourth-order valence-corrected chi connectivity index (χ4v) is 2.76. The van der Waals surface area contributed by atoms with Gasteiger partial charge in [0.2, 0.25) is 0 Å². The summed E-state index contributed by atoms with van der Waals surface area (Å²) in [5, 5.41) is 7.95. The number of anilines is 1. The normalized spacial score (nSPS) is 22.7. The fraction of sp³-hybridized carbons (Fsp3) is 0.500. The number of hydrogen-bond donors (Lipinski definition) is 2. The molecule has 1 atom stereocenters. The van der Waals surface area contributed by atoms with Gasteiger partial charge in [-0.15, -0.1) is 11.3 Å². The number of nitrogens with one attached hydrogen (secondary N) is 2. The minimum Gasteiger partial charge on any atom is -0.336 e. The van der Waals surface area contributed by atoms with Gasteiger partial charge < -0.3 is 15.1 Å². The van der Waals surface area contributed by atoms with Crippen LogP contribution in [0.15, 0.2) is 11.6 Å². The van der Waals surface area contributed by atoms with E-state index in [0.29, 0.717) is 31.3 Å². The van der Waals surface area contributed by atoms with Crippen LogP contribution in [0.2, 0.25) is 0 Å². The highest BCUT2D eigenvalue weighted by atomic mass is 32.1. The molecule has 2 fully saturated rings. The van der Waals surface area contributed by atoms with E-state index in [9.17, 15) is 9.59 Å². The van der Waals surface area contributed by atoms with E-state index < -0.39 is 0 Å². The Balaban J connectivity index is 1.61. The molecule has 0 radical (unpaired) electrons. The van der Waals surface area contributed by atoms with Crippen LogP contribution in [0, 0.1) is 0 Å². The smallest absolute Gasteiger partial charge is 0.323 e. The average molecular weight is 267 g/mol. The number of fused-ring (bicyclic) bond motifs is 1. The Morgan fingerprint density at radius 1 is 1.56 bits per heavy atom. The Labute approximate surface area is 108 Å². The van der Waals surface area contributed by atoms with Gasteiger partial charge in [0.25, 0.3) is 0 Å². The molecule has 0 saturated carbocycles. The molecule has 4 amide bonds. The number of rotatable bonds is 1. The van der Waals surface area contributed by atoms with Crippen molar-refractivity contribution in [2.24, 2.45) is 0 Å². The van der Waals surface area contributed by atoms with E-state index in [4.69, 9.17) is 0 Å². The molecule has 96 valence electrons. The summed E-state index contributed by atoms with van der Waals surface area (Å²) in [7, 11) is 0. The Morgan fingerprint density at radius 3 is 3.22 bits per heavy atom. The van der Waals surface area contributed by atoms with Crippen LogP contribution in [0.5, 0.6) is 0 Å². The van der Waals surface area contributed by atoms with Crippen LogP contribution in [0.1, 0.15) is 0 Å². The highest BCUT2D eigenvalue weighted by Gasteiger charge is 2.36. The minimum atomic E-state index is -0.149.